The van der Waals surface area contributed by atoms with Crippen molar-refractivity contribution in [1.29, 1.82) is 0 Å². The Morgan fingerprint density at radius 1 is 1.00 bits per heavy atom. The highest BCUT2D eigenvalue weighted by molar-refractivity contribution is 7.13. The van der Waals surface area contributed by atoms with Crippen molar-refractivity contribution in [2.75, 3.05) is 5.32 Å². The standard InChI is InChI=1S/C18H14N2OS/c21-17-9-7-13-10-14(6-8-15(13)19-17)16-11-22-18(20-16)12-4-2-1-3-5-12/h1-6,8,10-11H,7,9H2,(H,19,21). The van der Waals surface area contributed by atoms with Crippen molar-refractivity contribution < 1.29 is 4.79 Å². The van der Waals surface area contributed by atoms with E-state index in [2.05, 4.69) is 28.9 Å². The minimum atomic E-state index is 0.0975. The molecule has 3 aromatic rings. The van der Waals surface area contributed by atoms with Crippen LogP contribution in [0.1, 0.15) is 12.0 Å². The van der Waals surface area contributed by atoms with E-state index in [-0.39, 0.29) is 5.91 Å². The number of aromatic nitrogens is 1. The molecule has 4 heteroatoms. The van der Waals surface area contributed by atoms with Crippen LogP contribution in [-0.2, 0) is 11.2 Å². The number of anilines is 1. The van der Waals surface area contributed by atoms with E-state index >= 15 is 0 Å². The summed E-state index contributed by atoms with van der Waals surface area (Å²) in [5.41, 5.74) is 5.35. The minimum Gasteiger partial charge on any atom is -0.326 e. The molecule has 0 saturated heterocycles. The van der Waals surface area contributed by atoms with Crippen LogP contribution in [0.5, 0.6) is 0 Å². The van der Waals surface area contributed by atoms with Crippen LogP contribution in [0.2, 0.25) is 0 Å². The first kappa shape index (κ1) is 13.2. The molecule has 2 aromatic carbocycles. The molecule has 108 valence electrons. The van der Waals surface area contributed by atoms with Crippen LogP contribution >= 0.6 is 11.3 Å². The Balaban J connectivity index is 1.68. The predicted molar refractivity (Wildman–Crippen MR) is 89.9 cm³/mol. The number of benzene rings is 2. The maximum absolute atomic E-state index is 11.4. The van der Waals surface area contributed by atoms with Gasteiger partial charge in [-0.1, -0.05) is 36.4 Å². The molecular weight excluding hydrogens is 292 g/mol. The Morgan fingerprint density at radius 3 is 2.73 bits per heavy atom. The van der Waals surface area contributed by atoms with E-state index in [0.717, 1.165) is 33.9 Å². The van der Waals surface area contributed by atoms with E-state index < -0.39 is 0 Å². The van der Waals surface area contributed by atoms with Crippen molar-refractivity contribution in [3.8, 4) is 21.8 Å². The van der Waals surface area contributed by atoms with Gasteiger partial charge in [0.1, 0.15) is 5.01 Å². The number of rotatable bonds is 2. The lowest BCUT2D eigenvalue weighted by Crippen LogP contribution is -2.18. The number of carbonyl (C=O) groups is 1. The molecule has 0 radical (unpaired) electrons. The van der Waals surface area contributed by atoms with Crippen LogP contribution in [0.3, 0.4) is 0 Å². The Labute approximate surface area is 132 Å². The van der Waals surface area contributed by atoms with Gasteiger partial charge in [-0.2, -0.15) is 0 Å². The topological polar surface area (TPSA) is 42.0 Å². The van der Waals surface area contributed by atoms with Crippen molar-refractivity contribution in [3.05, 3.63) is 59.5 Å². The lowest BCUT2D eigenvalue weighted by atomic mass is 9.99. The summed E-state index contributed by atoms with van der Waals surface area (Å²) < 4.78 is 0. The molecule has 4 rings (SSSR count). The van der Waals surface area contributed by atoms with Gasteiger partial charge in [0.05, 0.1) is 5.69 Å². The number of fused-ring (bicyclic) bond motifs is 1. The second-order valence-electron chi connectivity index (χ2n) is 5.32. The maximum Gasteiger partial charge on any atom is 0.224 e. The molecule has 3 nitrogen and oxygen atoms in total. The molecule has 0 spiro atoms. The lowest BCUT2D eigenvalue weighted by Gasteiger charge is -2.17. The van der Waals surface area contributed by atoms with E-state index in [1.165, 1.54) is 5.56 Å². The molecule has 0 fully saturated rings. The van der Waals surface area contributed by atoms with E-state index in [1.807, 2.05) is 30.3 Å². The second kappa shape index (κ2) is 5.39. The fourth-order valence-electron chi connectivity index (χ4n) is 2.66. The quantitative estimate of drug-likeness (QED) is 0.764. The van der Waals surface area contributed by atoms with Gasteiger partial charge >= 0.3 is 0 Å². The summed E-state index contributed by atoms with van der Waals surface area (Å²) in [7, 11) is 0. The maximum atomic E-state index is 11.4. The zero-order valence-corrected chi connectivity index (χ0v) is 12.7. The molecule has 1 aromatic heterocycles. The third kappa shape index (κ3) is 2.42. The van der Waals surface area contributed by atoms with E-state index in [1.54, 1.807) is 11.3 Å². The number of carbonyl (C=O) groups excluding carboxylic acids is 1. The summed E-state index contributed by atoms with van der Waals surface area (Å²) in [6.07, 6.45) is 1.35. The Kier molecular flexibility index (Phi) is 3.24. The van der Waals surface area contributed by atoms with Crippen molar-refractivity contribution in [1.82, 2.24) is 4.98 Å². The van der Waals surface area contributed by atoms with Crippen LogP contribution in [-0.4, -0.2) is 10.9 Å². The molecule has 1 aliphatic heterocycles. The monoisotopic (exact) mass is 306 g/mol. The normalized spacial score (nSPS) is 13.5. The van der Waals surface area contributed by atoms with Crippen molar-refractivity contribution >= 4 is 22.9 Å². The van der Waals surface area contributed by atoms with Gasteiger partial charge in [-0.3, -0.25) is 4.79 Å². The van der Waals surface area contributed by atoms with Crippen molar-refractivity contribution in [3.63, 3.8) is 0 Å². The molecule has 1 amide bonds. The zero-order valence-electron chi connectivity index (χ0n) is 11.9. The largest absolute Gasteiger partial charge is 0.326 e. The van der Waals surface area contributed by atoms with Crippen LogP contribution in [0.15, 0.2) is 53.9 Å². The van der Waals surface area contributed by atoms with Gasteiger partial charge in [-0.05, 0) is 24.1 Å². The van der Waals surface area contributed by atoms with Crippen LogP contribution in [0.4, 0.5) is 5.69 Å². The first-order chi connectivity index (χ1) is 10.8. The Morgan fingerprint density at radius 2 is 1.86 bits per heavy atom. The molecule has 0 atom stereocenters. The summed E-state index contributed by atoms with van der Waals surface area (Å²) in [5, 5.41) is 6.03. The van der Waals surface area contributed by atoms with Gasteiger partial charge in [0, 0.05) is 28.6 Å². The molecule has 0 bridgehead atoms. The molecular formula is C18H14N2OS. The highest BCUT2D eigenvalue weighted by atomic mass is 32.1. The number of nitrogens with one attached hydrogen (secondary N) is 1. The van der Waals surface area contributed by atoms with Gasteiger partial charge in [-0.25, -0.2) is 4.98 Å². The number of amides is 1. The molecule has 2 heterocycles. The van der Waals surface area contributed by atoms with Gasteiger partial charge in [0.15, 0.2) is 0 Å². The third-order valence-electron chi connectivity index (χ3n) is 3.82. The highest BCUT2D eigenvalue weighted by Crippen LogP contribution is 2.32. The lowest BCUT2D eigenvalue weighted by molar-refractivity contribution is -0.116. The average molecular weight is 306 g/mol. The molecule has 0 aliphatic carbocycles. The van der Waals surface area contributed by atoms with Gasteiger partial charge in [0.25, 0.3) is 0 Å². The fraction of sp³-hybridized carbons (Fsp3) is 0.111. The summed E-state index contributed by atoms with van der Waals surface area (Å²) in [6, 6.07) is 16.3. The molecule has 22 heavy (non-hydrogen) atoms. The van der Waals surface area contributed by atoms with E-state index in [0.29, 0.717) is 6.42 Å². The number of hydrogen-bond acceptors (Lipinski definition) is 3. The van der Waals surface area contributed by atoms with Crippen LogP contribution < -0.4 is 5.32 Å². The molecule has 0 saturated carbocycles. The fourth-order valence-corrected chi connectivity index (χ4v) is 3.50. The second-order valence-corrected chi connectivity index (χ2v) is 6.18. The summed E-state index contributed by atoms with van der Waals surface area (Å²) in [5.74, 6) is 0.0975. The molecule has 1 aliphatic rings. The van der Waals surface area contributed by atoms with Crippen LogP contribution in [0.25, 0.3) is 21.8 Å². The first-order valence-electron chi connectivity index (χ1n) is 7.24. The smallest absolute Gasteiger partial charge is 0.224 e. The molecule has 0 unspecified atom stereocenters. The van der Waals surface area contributed by atoms with Crippen molar-refractivity contribution in [2.45, 2.75) is 12.8 Å². The summed E-state index contributed by atoms with van der Waals surface area (Å²) in [4.78, 5) is 16.2. The first-order valence-corrected chi connectivity index (χ1v) is 8.12. The van der Waals surface area contributed by atoms with Gasteiger partial charge in [-0.15, -0.1) is 11.3 Å². The SMILES string of the molecule is O=C1CCc2cc(-c3csc(-c4ccccc4)n3)ccc2N1. The number of hydrogen-bond donors (Lipinski definition) is 1. The van der Waals surface area contributed by atoms with Crippen molar-refractivity contribution in [2.24, 2.45) is 0 Å². The summed E-state index contributed by atoms with van der Waals surface area (Å²) >= 11 is 1.65. The molecule has 1 N–H and O–H groups in total. The number of nitrogens with zero attached hydrogens (tertiary/aromatic N) is 1. The summed E-state index contributed by atoms with van der Waals surface area (Å²) in [6.45, 7) is 0. The highest BCUT2D eigenvalue weighted by Gasteiger charge is 2.16. The van der Waals surface area contributed by atoms with E-state index in [4.69, 9.17) is 4.98 Å². The Hall–Kier alpha value is -2.46. The average Bonchev–Trinajstić information content (AvgIpc) is 3.05. The number of thiazole rings is 1. The Bertz CT molecular complexity index is 839. The third-order valence-corrected chi connectivity index (χ3v) is 4.71. The number of aryl methyl sites for hydroxylation is 1. The van der Waals surface area contributed by atoms with Gasteiger partial charge < -0.3 is 5.32 Å². The van der Waals surface area contributed by atoms with Gasteiger partial charge in [0.2, 0.25) is 5.91 Å². The zero-order chi connectivity index (χ0) is 14.9. The predicted octanol–water partition coefficient (Wildman–Crippen LogP) is 4.36. The van der Waals surface area contributed by atoms with E-state index in [9.17, 15) is 4.79 Å². The van der Waals surface area contributed by atoms with Crippen LogP contribution in [0, 0.1) is 0 Å². The minimum absolute atomic E-state index is 0.0975.